The molecule has 0 fully saturated rings. The summed E-state index contributed by atoms with van der Waals surface area (Å²) in [6.45, 7) is 5.91. The summed E-state index contributed by atoms with van der Waals surface area (Å²) in [5.74, 6) is 0. The van der Waals surface area contributed by atoms with E-state index in [0.29, 0.717) is 10.4 Å². The molecule has 0 spiro atoms. The van der Waals surface area contributed by atoms with Gasteiger partial charge in [0.15, 0.2) is 0 Å². The Morgan fingerprint density at radius 3 is 2.32 bits per heavy atom. The second-order valence-corrected chi connectivity index (χ2v) is 6.73. The molecule has 112 valence electrons. The van der Waals surface area contributed by atoms with Crippen LogP contribution < -0.4 is 5.56 Å². The summed E-state index contributed by atoms with van der Waals surface area (Å²) < 4.78 is 1.55. The molecule has 0 saturated carbocycles. The summed E-state index contributed by atoms with van der Waals surface area (Å²) in [5, 5.41) is 6.79. The van der Waals surface area contributed by atoms with Crippen LogP contribution in [-0.2, 0) is 5.54 Å². The highest BCUT2D eigenvalue weighted by atomic mass is 35.5. The lowest BCUT2D eigenvalue weighted by Crippen LogP contribution is -2.36. The molecule has 0 saturated heterocycles. The van der Waals surface area contributed by atoms with Gasteiger partial charge in [-0.1, -0.05) is 41.9 Å². The first-order valence-corrected chi connectivity index (χ1v) is 7.54. The van der Waals surface area contributed by atoms with Crippen molar-refractivity contribution in [2.75, 3.05) is 0 Å². The van der Waals surface area contributed by atoms with E-state index in [1.165, 1.54) is 0 Å². The molecule has 0 unspecified atom stereocenters. The molecule has 22 heavy (non-hydrogen) atoms. The average Bonchev–Trinajstić information content (AvgIpc) is 2.46. The third-order valence-corrected chi connectivity index (χ3v) is 3.77. The standard InChI is InChI=1S/C18H17ClN2O/c1-18(2,3)21-17(22)15-10-5-4-9-14(15)16(20-21)12-7-6-8-13(19)11-12/h4-11H,1-3H3. The second kappa shape index (κ2) is 5.25. The molecule has 1 aromatic heterocycles. The molecule has 0 radical (unpaired) electrons. The SMILES string of the molecule is CC(C)(C)n1nc(-c2cccc(Cl)c2)c2ccccc2c1=O. The maximum absolute atomic E-state index is 12.7. The average molecular weight is 313 g/mol. The van der Waals surface area contributed by atoms with Crippen molar-refractivity contribution in [3.63, 3.8) is 0 Å². The molecule has 0 amide bonds. The predicted octanol–water partition coefficient (Wildman–Crippen LogP) is 4.47. The fourth-order valence-electron chi connectivity index (χ4n) is 2.49. The van der Waals surface area contributed by atoms with E-state index < -0.39 is 5.54 Å². The van der Waals surface area contributed by atoms with E-state index in [4.69, 9.17) is 11.6 Å². The fraction of sp³-hybridized carbons (Fsp3) is 0.222. The predicted molar refractivity (Wildman–Crippen MR) is 91.4 cm³/mol. The highest BCUT2D eigenvalue weighted by Gasteiger charge is 2.20. The molecule has 3 aromatic rings. The van der Waals surface area contributed by atoms with E-state index >= 15 is 0 Å². The van der Waals surface area contributed by atoms with Crippen LogP contribution in [0.5, 0.6) is 0 Å². The van der Waals surface area contributed by atoms with Crippen molar-refractivity contribution in [3.8, 4) is 11.3 Å². The molecular formula is C18H17ClN2O. The first-order valence-electron chi connectivity index (χ1n) is 7.16. The minimum atomic E-state index is -0.394. The van der Waals surface area contributed by atoms with Crippen LogP contribution in [0.4, 0.5) is 0 Å². The lowest BCUT2D eigenvalue weighted by atomic mass is 10.0. The van der Waals surface area contributed by atoms with Crippen molar-refractivity contribution in [3.05, 3.63) is 63.9 Å². The summed E-state index contributed by atoms with van der Waals surface area (Å²) in [4.78, 5) is 12.7. The largest absolute Gasteiger partial charge is 0.275 e. The van der Waals surface area contributed by atoms with Gasteiger partial charge < -0.3 is 0 Å². The molecule has 2 aromatic carbocycles. The molecular weight excluding hydrogens is 296 g/mol. The number of rotatable bonds is 1. The minimum absolute atomic E-state index is 0.0751. The van der Waals surface area contributed by atoms with Crippen molar-refractivity contribution in [2.24, 2.45) is 0 Å². The van der Waals surface area contributed by atoms with Crippen molar-refractivity contribution >= 4 is 22.4 Å². The topological polar surface area (TPSA) is 34.9 Å². The first kappa shape index (κ1) is 14.8. The zero-order valence-corrected chi connectivity index (χ0v) is 13.6. The zero-order chi connectivity index (χ0) is 15.9. The Balaban J connectivity index is 2.44. The molecule has 0 N–H and O–H groups in total. The lowest BCUT2D eigenvalue weighted by molar-refractivity contribution is 0.342. The van der Waals surface area contributed by atoms with Crippen LogP contribution in [0.2, 0.25) is 5.02 Å². The molecule has 3 rings (SSSR count). The number of fused-ring (bicyclic) bond motifs is 1. The quantitative estimate of drug-likeness (QED) is 0.664. The minimum Gasteiger partial charge on any atom is -0.267 e. The lowest BCUT2D eigenvalue weighted by Gasteiger charge is -2.22. The Morgan fingerprint density at radius 1 is 1.00 bits per heavy atom. The molecule has 0 aliphatic rings. The molecule has 4 heteroatoms. The molecule has 0 atom stereocenters. The van der Waals surface area contributed by atoms with Gasteiger partial charge in [0, 0.05) is 16.0 Å². The van der Waals surface area contributed by atoms with Crippen LogP contribution in [0, 0.1) is 0 Å². The van der Waals surface area contributed by atoms with Crippen LogP contribution in [0.1, 0.15) is 20.8 Å². The van der Waals surface area contributed by atoms with Gasteiger partial charge in [-0.05, 0) is 39.0 Å². The van der Waals surface area contributed by atoms with Crippen LogP contribution in [-0.4, -0.2) is 9.78 Å². The Bertz CT molecular complexity index is 907. The van der Waals surface area contributed by atoms with Crippen LogP contribution in [0.15, 0.2) is 53.3 Å². The summed E-state index contributed by atoms with van der Waals surface area (Å²) in [5.41, 5.74) is 1.21. The molecule has 0 aliphatic carbocycles. The van der Waals surface area contributed by atoms with E-state index in [9.17, 15) is 4.79 Å². The van der Waals surface area contributed by atoms with Crippen molar-refractivity contribution < 1.29 is 0 Å². The fourth-order valence-corrected chi connectivity index (χ4v) is 2.68. The van der Waals surface area contributed by atoms with Gasteiger partial charge in [0.1, 0.15) is 0 Å². The Labute approximate surface area is 134 Å². The van der Waals surface area contributed by atoms with Gasteiger partial charge in [0.05, 0.1) is 16.6 Å². The van der Waals surface area contributed by atoms with Crippen LogP contribution in [0.25, 0.3) is 22.0 Å². The molecule has 3 nitrogen and oxygen atoms in total. The molecule has 0 bridgehead atoms. The van der Waals surface area contributed by atoms with Crippen LogP contribution in [0.3, 0.4) is 0 Å². The van der Waals surface area contributed by atoms with E-state index in [1.54, 1.807) is 4.68 Å². The van der Waals surface area contributed by atoms with Crippen molar-refractivity contribution in [2.45, 2.75) is 26.3 Å². The summed E-state index contributed by atoms with van der Waals surface area (Å²) in [6, 6.07) is 15.1. The van der Waals surface area contributed by atoms with Gasteiger partial charge in [0.25, 0.3) is 5.56 Å². The van der Waals surface area contributed by atoms with E-state index in [1.807, 2.05) is 69.3 Å². The number of halogens is 1. The van der Waals surface area contributed by atoms with Crippen LogP contribution >= 0.6 is 11.6 Å². The van der Waals surface area contributed by atoms with Gasteiger partial charge in [-0.2, -0.15) is 5.10 Å². The van der Waals surface area contributed by atoms with Crippen molar-refractivity contribution in [1.29, 1.82) is 0 Å². The maximum atomic E-state index is 12.7. The Hall–Kier alpha value is -2.13. The van der Waals surface area contributed by atoms with Gasteiger partial charge in [-0.15, -0.1) is 0 Å². The summed E-state index contributed by atoms with van der Waals surface area (Å²) in [6.07, 6.45) is 0. The first-order chi connectivity index (χ1) is 10.4. The number of aromatic nitrogens is 2. The van der Waals surface area contributed by atoms with E-state index in [-0.39, 0.29) is 5.56 Å². The number of hydrogen-bond donors (Lipinski definition) is 0. The van der Waals surface area contributed by atoms with Gasteiger partial charge in [-0.25, -0.2) is 4.68 Å². The highest BCUT2D eigenvalue weighted by Crippen LogP contribution is 2.27. The van der Waals surface area contributed by atoms with Gasteiger partial charge in [-0.3, -0.25) is 4.79 Å². The number of nitrogens with zero attached hydrogens (tertiary/aromatic N) is 2. The summed E-state index contributed by atoms with van der Waals surface area (Å²) in [7, 11) is 0. The molecule has 0 aliphatic heterocycles. The maximum Gasteiger partial charge on any atom is 0.275 e. The van der Waals surface area contributed by atoms with Gasteiger partial charge in [0.2, 0.25) is 0 Å². The van der Waals surface area contributed by atoms with Crippen molar-refractivity contribution in [1.82, 2.24) is 9.78 Å². The Morgan fingerprint density at radius 2 is 1.68 bits per heavy atom. The Kier molecular flexibility index (Phi) is 3.53. The van der Waals surface area contributed by atoms with Gasteiger partial charge >= 0.3 is 0 Å². The monoisotopic (exact) mass is 312 g/mol. The molecule has 1 heterocycles. The van der Waals surface area contributed by atoms with E-state index in [2.05, 4.69) is 5.10 Å². The highest BCUT2D eigenvalue weighted by molar-refractivity contribution is 6.30. The smallest absolute Gasteiger partial charge is 0.267 e. The third kappa shape index (κ3) is 2.53. The normalized spacial score (nSPS) is 11.8. The second-order valence-electron chi connectivity index (χ2n) is 6.29. The number of hydrogen-bond acceptors (Lipinski definition) is 2. The third-order valence-electron chi connectivity index (χ3n) is 3.54. The van der Waals surface area contributed by atoms with E-state index in [0.717, 1.165) is 16.6 Å². The summed E-state index contributed by atoms with van der Waals surface area (Å²) >= 11 is 6.11. The number of benzene rings is 2. The zero-order valence-electron chi connectivity index (χ0n) is 12.8.